The van der Waals surface area contributed by atoms with Crippen molar-refractivity contribution < 1.29 is 4.79 Å². The van der Waals surface area contributed by atoms with E-state index in [1.165, 1.54) is 12.8 Å². The molecule has 0 bridgehead atoms. The minimum Gasteiger partial charge on any atom is -0.324 e. The van der Waals surface area contributed by atoms with Crippen LogP contribution in [0.25, 0.3) is 10.9 Å². The molecule has 1 aromatic heterocycles. The predicted molar refractivity (Wildman–Crippen MR) is 94.8 cm³/mol. The molecule has 1 heterocycles. The summed E-state index contributed by atoms with van der Waals surface area (Å²) < 4.78 is 0. The molecule has 2 unspecified atom stereocenters. The Balaban J connectivity index is 1.84. The highest BCUT2D eigenvalue weighted by atomic mass is 28.3. The van der Waals surface area contributed by atoms with Gasteiger partial charge in [0.1, 0.15) is 0 Å². The number of aromatic nitrogens is 1. The highest BCUT2D eigenvalue weighted by molar-refractivity contribution is 6.77. The largest absolute Gasteiger partial charge is 0.324 e. The molecule has 116 valence electrons. The van der Waals surface area contributed by atoms with Crippen molar-refractivity contribution in [2.75, 3.05) is 5.32 Å². The maximum absolute atomic E-state index is 12.8. The van der Waals surface area contributed by atoms with E-state index in [0.29, 0.717) is 5.54 Å². The molecule has 0 saturated heterocycles. The predicted octanol–water partition coefficient (Wildman–Crippen LogP) is 4.68. The average molecular weight is 312 g/mol. The molecular formula is C18H24N2OSi. The van der Waals surface area contributed by atoms with Crippen molar-refractivity contribution in [2.24, 2.45) is 5.92 Å². The van der Waals surface area contributed by atoms with E-state index in [-0.39, 0.29) is 11.8 Å². The molecule has 0 radical (unpaired) electrons. The summed E-state index contributed by atoms with van der Waals surface area (Å²) in [6.07, 6.45) is 5.19. The van der Waals surface area contributed by atoms with Crippen molar-refractivity contribution in [2.45, 2.75) is 44.4 Å². The molecule has 1 aliphatic rings. The van der Waals surface area contributed by atoms with Crippen LogP contribution in [0, 0.1) is 5.92 Å². The number of benzene rings is 1. The summed E-state index contributed by atoms with van der Waals surface area (Å²) in [6.45, 7) is 7.13. The third kappa shape index (κ3) is 2.93. The fraction of sp³-hybridized carbons (Fsp3) is 0.444. The number of hydrogen-bond donors (Lipinski definition) is 1. The quantitative estimate of drug-likeness (QED) is 0.836. The Morgan fingerprint density at radius 2 is 1.95 bits per heavy atom. The van der Waals surface area contributed by atoms with Gasteiger partial charge in [-0.05, 0) is 24.1 Å². The van der Waals surface area contributed by atoms with Crippen LogP contribution >= 0.6 is 0 Å². The number of carbonyl (C=O) groups excluding carboxylic acids is 1. The number of para-hydroxylation sites is 1. The van der Waals surface area contributed by atoms with Gasteiger partial charge in [0.25, 0.3) is 0 Å². The third-order valence-corrected chi connectivity index (χ3v) is 7.77. The molecule has 0 aliphatic heterocycles. The van der Waals surface area contributed by atoms with Gasteiger partial charge in [-0.3, -0.25) is 9.78 Å². The molecule has 3 rings (SSSR count). The molecular weight excluding hydrogens is 288 g/mol. The molecule has 1 amide bonds. The first kappa shape index (κ1) is 15.2. The monoisotopic (exact) mass is 312 g/mol. The second kappa shape index (κ2) is 5.84. The van der Waals surface area contributed by atoms with Gasteiger partial charge in [0, 0.05) is 25.6 Å². The summed E-state index contributed by atoms with van der Waals surface area (Å²) in [6, 6.07) is 9.90. The van der Waals surface area contributed by atoms with Crippen LogP contribution in [0.4, 0.5) is 5.69 Å². The van der Waals surface area contributed by atoms with Crippen LogP contribution < -0.4 is 5.32 Å². The summed E-state index contributed by atoms with van der Waals surface area (Å²) in [5, 5.41) is 4.21. The van der Waals surface area contributed by atoms with Crippen molar-refractivity contribution in [3.8, 4) is 0 Å². The summed E-state index contributed by atoms with van der Waals surface area (Å²) in [5.41, 5.74) is 2.31. The fourth-order valence-electron chi connectivity index (χ4n) is 3.74. The normalized spacial score (nSPS) is 22.0. The lowest BCUT2D eigenvalue weighted by molar-refractivity contribution is -0.119. The van der Waals surface area contributed by atoms with E-state index in [4.69, 9.17) is 0 Å². The molecule has 1 N–H and O–H groups in total. The lowest BCUT2D eigenvalue weighted by atomic mass is 10.1. The van der Waals surface area contributed by atoms with Crippen LogP contribution in [-0.2, 0) is 4.79 Å². The van der Waals surface area contributed by atoms with Crippen LogP contribution in [0.5, 0.6) is 0 Å². The lowest BCUT2D eigenvalue weighted by Crippen LogP contribution is -2.36. The van der Waals surface area contributed by atoms with Crippen LogP contribution in [0.15, 0.2) is 36.5 Å². The summed E-state index contributed by atoms with van der Waals surface area (Å²) >= 11 is 0. The molecule has 2 atom stereocenters. The van der Waals surface area contributed by atoms with Gasteiger partial charge in [0.2, 0.25) is 5.91 Å². The van der Waals surface area contributed by atoms with Gasteiger partial charge < -0.3 is 5.32 Å². The molecule has 1 saturated carbocycles. The standard InChI is InChI=1S/C18H24N2OSi/c1-22(2,3)16-11-5-9-14(16)18(21)20-15-10-4-7-13-8-6-12-19-17(13)15/h4,6-8,10,12,14,16H,5,9,11H2,1-3H3,(H,20,21). The zero-order chi connectivity index (χ0) is 15.7. The van der Waals surface area contributed by atoms with E-state index in [0.717, 1.165) is 23.0 Å². The van der Waals surface area contributed by atoms with Gasteiger partial charge in [-0.25, -0.2) is 0 Å². The van der Waals surface area contributed by atoms with Crippen molar-refractivity contribution >= 4 is 30.6 Å². The van der Waals surface area contributed by atoms with Crippen LogP contribution in [-0.4, -0.2) is 19.0 Å². The van der Waals surface area contributed by atoms with E-state index in [9.17, 15) is 4.79 Å². The maximum atomic E-state index is 12.8. The van der Waals surface area contributed by atoms with Crippen LogP contribution in [0.2, 0.25) is 25.2 Å². The van der Waals surface area contributed by atoms with Crippen molar-refractivity contribution in [3.05, 3.63) is 36.5 Å². The average Bonchev–Trinajstić information content (AvgIpc) is 2.97. The van der Waals surface area contributed by atoms with E-state index < -0.39 is 8.07 Å². The Labute approximate surface area is 133 Å². The molecule has 2 aromatic rings. The SMILES string of the molecule is C[Si](C)(C)C1CCCC1C(=O)Nc1cccc2cccnc12. The van der Waals surface area contributed by atoms with Crippen LogP contribution in [0.1, 0.15) is 19.3 Å². The third-order valence-electron chi connectivity index (χ3n) is 4.86. The number of pyridine rings is 1. The first-order valence-corrected chi connectivity index (χ1v) is 11.7. The first-order chi connectivity index (χ1) is 10.5. The first-order valence-electron chi connectivity index (χ1n) is 8.11. The summed E-state index contributed by atoms with van der Waals surface area (Å²) in [4.78, 5) is 17.2. The maximum Gasteiger partial charge on any atom is 0.227 e. The molecule has 4 heteroatoms. The van der Waals surface area contributed by atoms with E-state index in [1.54, 1.807) is 6.20 Å². The number of rotatable bonds is 3. The number of amides is 1. The van der Waals surface area contributed by atoms with Gasteiger partial charge in [0.05, 0.1) is 11.2 Å². The number of anilines is 1. The van der Waals surface area contributed by atoms with Gasteiger partial charge in [0.15, 0.2) is 0 Å². The second-order valence-corrected chi connectivity index (χ2v) is 12.9. The number of fused-ring (bicyclic) bond motifs is 1. The zero-order valence-electron chi connectivity index (χ0n) is 13.6. The minimum atomic E-state index is -1.30. The van der Waals surface area contributed by atoms with Gasteiger partial charge in [-0.15, -0.1) is 0 Å². The number of nitrogens with zero attached hydrogens (tertiary/aromatic N) is 1. The Morgan fingerprint density at radius 1 is 1.18 bits per heavy atom. The second-order valence-electron chi connectivity index (χ2n) is 7.38. The topological polar surface area (TPSA) is 42.0 Å². The van der Waals surface area contributed by atoms with E-state index >= 15 is 0 Å². The minimum absolute atomic E-state index is 0.172. The summed E-state index contributed by atoms with van der Waals surface area (Å²) in [5.74, 6) is 0.355. The number of carbonyl (C=O) groups is 1. The van der Waals surface area contributed by atoms with Gasteiger partial charge in [-0.2, -0.15) is 0 Å². The zero-order valence-corrected chi connectivity index (χ0v) is 14.6. The van der Waals surface area contributed by atoms with Gasteiger partial charge in [-0.1, -0.05) is 50.7 Å². The fourth-order valence-corrected chi connectivity index (χ4v) is 6.34. The van der Waals surface area contributed by atoms with Crippen molar-refractivity contribution in [1.82, 2.24) is 4.98 Å². The molecule has 3 nitrogen and oxygen atoms in total. The molecule has 1 fully saturated rings. The highest BCUT2D eigenvalue weighted by Crippen LogP contribution is 2.44. The Kier molecular flexibility index (Phi) is 4.04. The Hall–Kier alpha value is -1.68. The number of nitrogens with one attached hydrogen (secondary N) is 1. The smallest absolute Gasteiger partial charge is 0.227 e. The summed E-state index contributed by atoms with van der Waals surface area (Å²) in [7, 11) is -1.30. The Bertz CT molecular complexity index is 688. The number of hydrogen-bond acceptors (Lipinski definition) is 2. The van der Waals surface area contributed by atoms with Gasteiger partial charge >= 0.3 is 0 Å². The van der Waals surface area contributed by atoms with Crippen LogP contribution in [0.3, 0.4) is 0 Å². The van der Waals surface area contributed by atoms with Crippen molar-refractivity contribution in [3.63, 3.8) is 0 Å². The molecule has 1 aliphatic carbocycles. The van der Waals surface area contributed by atoms with Crippen molar-refractivity contribution in [1.29, 1.82) is 0 Å². The van der Waals surface area contributed by atoms with E-state index in [2.05, 4.69) is 29.9 Å². The molecule has 1 aromatic carbocycles. The molecule has 0 spiro atoms. The highest BCUT2D eigenvalue weighted by Gasteiger charge is 2.40. The van der Waals surface area contributed by atoms with E-state index in [1.807, 2.05) is 30.3 Å². The molecule has 22 heavy (non-hydrogen) atoms. The Morgan fingerprint density at radius 3 is 2.73 bits per heavy atom. The lowest BCUT2D eigenvalue weighted by Gasteiger charge is -2.30.